The third-order valence-corrected chi connectivity index (χ3v) is 4.04. The maximum Gasteiger partial charge on any atom is 0.143 e. The topological polar surface area (TPSA) is 34.1 Å². The van der Waals surface area contributed by atoms with Crippen LogP contribution >= 0.6 is 11.8 Å². The molecule has 2 nitrogen and oxygen atoms in total. The SMILES string of the molecule is CC(=O)C(C)C(Sc1ccccc1)C(C)=O. The van der Waals surface area contributed by atoms with E-state index in [0.717, 1.165) is 4.90 Å². The van der Waals surface area contributed by atoms with Crippen LogP contribution in [-0.2, 0) is 9.59 Å². The molecule has 1 aromatic rings. The lowest BCUT2D eigenvalue weighted by molar-refractivity contribution is -0.124. The third-order valence-electron chi connectivity index (χ3n) is 2.50. The van der Waals surface area contributed by atoms with Crippen molar-refractivity contribution in [1.29, 1.82) is 0 Å². The van der Waals surface area contributed by atoms with E-state index in [9.17, 15) is 9.59 Å². The highest BCUT2D eigenvalue weighted by atomic mass is 32.2. The van der Waals surface area contributed by atoms with Crippen molar-refractivity contribution in [2.45, 2.75) is 30.9 Å². The van der Waals surface area contributed by atoms with Gasteiger partial charge in [-0.05, 0) is 26.0 Å². The molecular formula is C13H16O2S. The Labute approximate surface area is 100 Å². The van der Waals surface area contributed by atoms with Crippen LogP contribution in [0.5, 0.6) is 0 Å². The highest BCUT2D eigenvalue weighted by Gasteiger charge is 2.26. The first-order valence-electron chi connectivity index (χ1n) is 5.25. The molecule has 3 heteroatoms. The first-order chi connectivity index (χ1) is 7.52. The van der Waals surface area contributed by atoms with Gasteiger partial charge in [0.05, 0.1) is 5.25 Å². The number of ketones is 2. The van der Waals surface area contributed by atoms with Crippen LogP contribution in [0, 0.1) is 5.92 Å². The Hall–Kier alpha value is -1.09. The van der Waals surface area contributed by atoms with Crippen LogP contribution in [0.25, 0.3) is 0 Å². The standard InChI is InChI=1S/C13H16O2S/c1-9(10(2)14)13(11(3)15)16-12-7-5-4-6-8-12/h4-9,13H,1-3H3. The van der Waals surface area contributed by atoms with E-state index in [1.165, 1.54) is 18.7 Å². The molecule has 0 N–H and O–H groups in total. The summed E-state index contributed by atoms with van der Waals surface area (Å²) in [5.41, 5.74) is 0. The van der Waals surface area contributed by atoms with E-state index < -0.39 is 0 Å². The van der Waals surface area contributed by atoms with Gasteiger partial charge < -0.3 is 0 Å². The van der Waals surface area contributed by atoms with Crippen molar-refractivity contribution in [1.82, 2.24) is 0 Å². The summed E-state index contributed by atoms with van der Waals surface area (Å²) in [5, 5.41) is -0.278. The molecule has 0 spiro atoms. The Morgan fingerprint density at radius 3 is 2.06 bits per heavy atom. The second-order valence-electron chi connectivity index (χ2n) is 3.86. The smallest absolute Gasteiger partial charge is 0.143 e. The molecule has 1 rings (SSSR count). The number of benzene rings is 1. The maximum absolute atomic E-state index is 11.5. The molecule has 86 valence electrons. The van der Waals surface area contributed by atoms with E-state index in [0.29, 0.717) is 0 Å². The zero-order chi connectivity index (χ0) is 12.1. The average molecular weight is 236 g/mol. The number of carbonyl (C=O) groups is 2. The number of thioether (sulfide) groups is 1. The molecular weight excluding hydrogens is 220 g/mol. The molecule has 0 saturated carbocycles. The number of carbonyl (C=O) groups excluding carboxylic acids is 2. The third kappa shape index (κ3) is 3.49. The molecule has 0 aliphatic rings. The summed E-state index contributed by atoms with van der Waals surface area (Å²) in [6.07, 6.45) is 0. The van der Waals surface area contributed by atoms with Gasteiger partial charge in [0.1, 0.15) is 11.6 Å². The van der Waals surface area contributed by atoms with Crippen molar-refractivity contribution in [3.8, 4) is 0 Å². The van der Waals surface area contributed by atoms with Gasteiger partial charge in [-0.15, -0.1) is 11.8 Å². The van der Waals surface area contributed by atoms with Crippen molar-refractivity contribution < 1.29 is 9.59 Å². The molecule has 0 amide bonds. The molecule has 0 fully saturated rings. The van der Waals surface area contributed by atoms with E-state index in [2.05, 4.69) is 0 Å². The summed E-state index contributed by atoms with van der Waals surface area (Å²) in [5.74, 6) is -0.122. The van der Waals surface area contributed by atoms with Crippen LogP contribution in [-0.4, -0.2) is 16.8 Å². The Bertz CT molecular complexity index is 373. The minimum Gasteiger partial charge on any atom is -0.300 e. The highest BCUT2D eigenvalue weighted by Crippen LogP contribution is 2.29. The van der Waals surface area contributed by atoms with Gasteiger partial charge in [0.15, 0.2) is 0 Å². The molecule has 2 atom stereocenters. The molecule has 0 aliphatic carbocycles. The van der Waals surface area contributed by atoms with Crippen molar-refractivity contribution in [2.24, 2.45) is 5.92 Å². The van der Waals surface area contributed by atoms with Gasteiger partial charge in [-0.3, -0.25) is 9.59 Å². The van der Waals surface area contributed by atoms with Crippen LogP contribution < -0.4 is 0 Å². The van der Waals surface area contributed by atoms with Gasteiger partial charge in [-0.1, -0.05) is 25.1 Å². The zero-order valence-corrected chi connectivity index (χ0v) is 10.6. The van der Waals surface area contributed by atoms with Crippen molar-refractivity contribution in [3.63, 3.8) is 0 Å². The molecule has 0 saturated heterocycles. The Morgan fingerprint density at radius 1 is 1.06 bits per heavy atom. The lowest BCUT2D eigenvalue weighted by atomic mass is 10.0. The van der Waals surface area contributed by atoms with Crippen LogP contribution in [0.4, 0.5) is 0 Å². The quantitative estimate of drug-likeness (QED) is 0.737. The fourth-order valence-electron chi connectivity index (χ4n) is 1.40. The fourth-order valence-corrected chi connectivity index (χ4v) is 2.57. The molecule has 2 unspecified atom stereocenters. The van der Waals surface area contributed by atoms with Gasteiger partial charge in [0.25, 0.3) is 0 Å². The summed E-state index contributed by atoms with van der Waals surface area (Å²) in [6.45, 7) is 4.89. The normalized spacial score (nSPS) is 14.2. The minimum absolute atomic E-state index is 0.0524. The maximum atomic E-state index is 11.5. The number of rotatable bonds is 5. The second-order valence-corrected chi connectivity index (χ2v) is 5.08. The molecule has 0 aliphatic heterocycles. The predicted octanol–water partition coefficient (Wildman–Crippen LogP) is 2.96. The summed E-state index contributed by atoms with van der Waals surface area (Å²) < 4.78 is 0. The number of Topliss-reactive ketones (excluding diaryl/α,β-unsaturated/α-hetero) is 2. The first-order valence-corrected chi connectivity index (χ1v) is 6.13. The molecule has 0 radical (unpaired) electrons. The molecule has 0 heterocycles. The van der Waals surface area contributed by atoms with Gasteiger partial charge in [0, 0.05) is 10.8 Å². The summed E-state index contributed by atoms with van der Waals surface area (Å²) >= 11 is 1.46. The van der Waals surface area contributed by atoms with Crippen LogP contribution in [0.2, 0.25) is 0 Å². The molecule has 1 aromatic carbocycles. The van der Waals surface area contributed by atoms with Crippen LogP contribution in [0.1, 0.15) is 20.8 Å². The Morgan fingerprint density at radius 2 is 1.62 bits per heavy atom. The summed E-state index contributed by atoms with van der Waals surface area (Å²) in [6, 6.07) is 9.69. The zero-order valence-electron chi connectivity index (χ0n) is 9.77. The fraction of sp³-hybridized carbons (Fsp3) is 0.385. The lowest BCUT2D eigenvalue weighted by Crippen LogP contribution is -2.27. The van der Waals surface area contributed by atoms with E-state index in [1.807, 2.05) is 37.3 Å². The van der Waals surface area contributed by atoms with Gasteiger partial charge in [0.2, 0.25) is 0 Å². The molecule has 16 heavy (non-hydrogen) atoms. The van der Waals surface area contributed by atoms with Crippen LogP contribution in [0.15, 0.2) is 35.2 Å². The van der Waals surface area contributed by atoms with Gasteiger partial charge in [-0.2, -0.15) is 0 Å². The molecule has 0 aromatic heterocycles. The van der Waals surface area contributed by atoms with E-state index in [4.69, 9.17) is 0 Å². The van der Waals surface area contributed by atoms with E-state index >= 15 is 0 Å². The monoisotopic (exact) mass is 236 g/mol. The van der Waals surface area contributed by atoms with Crippen molar-refractivity contribution in [3.05, 3.63) is 30.3 Å². The summed E-state index contributed by atoms with van der Waals surface area (Å²) in [4.78, 5) is 23.9. The van der Waals surface area contributed by atoms with E-state index in [-0.39, 0.29) is 22.7 Å². The predicted molar refractivity (Wildman–Crippen MR) is 66.6 cm³/mol. The number of hydrogen-bond donors (Lipinski definition) is 0. The second kappa shape index (κ2) is 5.85. The van der Waals surface area contributed by atoms with Gasteiger partial charge >= 0.3 is 0 Å². The largest absolute Gasteiger partial charge is 0.300 e. The van der Waals surface area contributed by atoms with Crippen LogP contribution in [0.3, 0.4) is 0 Å². The minimum atomic E-state index is -0.278. The average Bonchev–Trinajstić information content (AvgIpc) is 2.26. The van der Waals surface area contributed by atoms with Crippen molar-refractivity contribution in [2.75, 3.05) is 0 Å². The van der Waals surface area contributed by atoms with Crippen molar-refractivity contribution >= 4 is 23.3 Å². The summed E-state index contributed by atoms with van der Waals surface area (Å²) in [7, 11) is 0. The van der Waals surface area contributed by atoms with Gasteiger partial charge in [-0.25, -0.2) is 0 Å². The lowest BCUT2D eigenvalue weighted by Gasteiger charge is -2.18. The Kier molecular flexibility index (Phi) is 4.74. The van der Waals surface area contributed by atoms with E-state index in [1.54, 1.807) is 6.92 Å². The Balaban J connectivity index is 2.81. The highest BCUT2D eigenvalue weighted by molar-refractivity contribution is 8.00. The molecule has 0 bridgehead atoms. The number of hydrogen-bond acceptors (Lipinski definition) is 3. The first kappa shape index (κ1) is 13.0.